The molecule has 0 saturated carbocycles. The molecule has 1 aromatic rings. The van der Waals surface area contributed by atoms with Crippen molar-refractivity contribution in [2.75, 3.05) is 0 Å². The van der Waals surface area contributed by atoms with Gasteiger partial charge in [-0.3, -0.25) is 4.79 Å². The lowest BCUT2D eigenvalue weighted by Gasteiger charge is -2.19. The Morgan fingerprint density at radius 3 is 2.44 bits per heavy atom. The molecule has 0 fully saturated rings. The van der Waals surface area contributed by atoms with Crippen LogP contribution in [0.15, 0.2) is 24.3 Å². The van der Waals surface area contributed by atoms with Gasteiger partial charge in [-0.15, -0.1) is 0 Å². The van der Waals surface area contributed by atoms with Crippen molar-refractivity contribution in [3.8, 4) is 0 Å². The van der Waals surface area contributed by atoms with E-state index in [4.69, 9.17) is 0 Å². The SMILES string of the molecule is CCCc1cccc(C(=O)C(O)C(CC)CC)c1. The largest absolute Gasteiger partial charge is 0.385 e. The summed E-state index contributed by atoms with van der Waals surface area (Å²) in [6.45, 7) is 6.14. The van der Waals surface area contributed by atoms with Crippen LogP contribution in [0, 0.1) is 5.92 Å². The van der Waals surface area contributed by atoms with Crippen LogP contribution in [0.4, 0.5) is 0 Å². The molecular weight excluding hydrogens is 224 g/mol. The molecular formula is C16H24O2. The van der Waals surface area contributed by atoms with Gasteiger partial charge in [-0.05, 0) is 24.0 Å². The predicted molar refractivity (Wildman–Crippen MR) is 74.8 cm³/mol. The Morgan fingerprint density at radius 1 is 1.22 bits per heavy atom. The van der Waals surface area contributed by atoms with E-state index < -0.39 is 6.10 Å². The fraction of sp³-hybridized carbons (Fsp3) is 0.562. The van der Waals surface area contributed by atoms with E-state index in [1.54, 1.807) is 6.07 Å². The Balaban J connectivity index is 2.85. The monoisotopic (exact) mass is 248 g/mol. The van der Waals surface area contributed by atoms with Crippen LogP contribution in [-0.4, -0.2) is 17.0 Å². The Labute approximate surface area is 110 Å². The maximum absolute atomic E-state index is 12.2. The molecule has 1 N–H and O–H groups in total. The second-order valence-electron chi connectivity index (χ2n) is 4.84. The first-order valence-corrected chi connectivity index (χ1v) is 6.95. The number of hydrogen-bond acceptors (Lipinski definition) is 2. The van der Waals surface area contributed by atoms with Crippen LogP contribution in [-0.2, 0) is 6.42 Å². The molecule has 1 aromatic carbocycles. The van der Waals surface area contributed by atoms with Gasteiger partial charge in [-0.25, -0.2) is 0 Å². The number of aryl methyl sites for hydroxylation is 1. The van der Waals surface area contributed by atoms with Gasteiger partial charge >= 0.3 is 0 Å². The van der Waals surface area contributed by atoms with Crippen molar-refractivity contribution in [2.45, 2.75) is 52.6 Å². The van der Waals surface area contributed by atoms with Crippen LogP contribution in [0.25, 0.3) is 0 Å². The van der Waals surface area contributed by atoms with E-state index in [-0.39, 0.29) is 11.7 Å². The summed E-state index contributed by atoms with van der Waals surface area (Å²) in [5.41, 5.74) is 1.81. The highest BCUT2D eigenvalue weighted by Gasteiger charge is 2.24. The van der Waals surface area contributed by atoms with Crippen molar-refractivity contribution in [1.82, 2.24) is 0 Å². The molecule has 2 nitrogen and oxygen atoms in total. The number of rotatable bonds is 7. The number of aliphatic hydroxyl groups is 1. The molecule has 0 spiro atoms. The molecule has 2 heteroatoms. The highest BCUT2D eigenvalue weighted by atomic mass is 16.3. The highest BCUT2D eigenvalue weighted by molar-refractivity contribution is 5.99. The molecule has 1 atom stereocenters. The Kier molecular flexibility index (Phi) is 6.06. The maximum Gasteiger partial charge on any atom is 0.191 e. The summed E-state index contributed by atoms with van der Waals surface area (Å²) < 4.78 is 0. The minimum atomic E-state index is -0.864. The van der Waals surface area contributed by atoms with Crippen molar-refractivity contribution in [3.63, 3.8) is 0 Å². The minimum Gasteiger partial charge on any atom is -0.385 e. The first-order chi connectivity index (χ1) is 8.63. The third kappa shape index (κ3) is 3.67. The standard InChI is InChI=1S/C16H24O2/c1-4-8-12-9-7-10-14(11-12)16(18)15(17)13(5-2)6-3/h7,9-11,13,15,17H,4-6,8H2,1-3H3. The maximum atomic E-state index is 12.2. The molecule has 0 aliphatic heterocycles. The average Bonchev–Trinajstić information content (AvgIpc) is 2.40. The Hall–Kier alpha value is -1.15. The van der Waals surface area contributed by atoms with E-state index in [1.807, 2.05) is 32.0 Å². The number of Topliss-reactive ketones (excluding diaryl/α,β-unsaturated/α-hetero) is 1. The summed E-state index contributed by atoms with van der Waals surface area (Å²) in [6, 6.07) is 7.64. The van der Waals surface area contributed by atoms with Gasteiger partial charge in [0, 0.05) is 5.56 Å². The second kappa shape index (κ2) is 7.32. The first-order valence-electron chi connectivity index (χ1n) is 6.95. The predicted octanol–water partition coefficient (Wildman–Crippen LogP) is 3.62. The van der Waals surface area contributed by atoms with Gasteiger partial charge in [0.15, 0.2) is 5.78 Å². The zero-order chi connectivity index (χ0) is 13.5. The smallest absolute Gasteiger partial charge is 0.191 e. The lowest BCUT2D eigenvalue weighted by atomic mass is 9.90. The zero-order valence-electron chi connectivity index (χ0n) is 11.6. The quantitative estimate of drug-likeness (QED) is 0.748. The van der Waals surface area contributed by atoms with E-state index in [0.717, 1.165) is 25.7 Å². The molecule has 0 heterocycles. The summed E-state index contributed by atoms with van der Waals surface area (Å²) in [6.07, 6.45) is 2.84. The number of carbonyl (C=O) groups is 1. The van der Waals surface area contributed by atoms with Gasteiger partial charge in [0.1, 0.15) is 6.10 Å². The molecule has 0 bridgehead atoms. The zero-order valence-corrected chi connectivity index (χ0v) is 11.6. The van der Waals surface area contributed by atoms with E-state index in [1.165, 1.54) is 5.56 Å². The second-order valence-corrected chi connectivity index (χ2v) is 4.84. The molecule has 0 aliphatic carbocycles. The Morgan fingerprint density at radius 2 is 1.89 bits per heavy atom. The van der Waals surface area contributed by atoms with Crippen molar-refractivity contribution >= 4 is 5.78 Å². The van der Waals surface area contributed by atoms with Crippen LogP contribution < -0.4 is 0 Å². The van der Waals surface area contributed by atoms with E-state index in [0.29, 0.717) is 5.56 Å². The van der Waals surface area contributed by atoms with Crippen LogP contribution in [0.3, 0.4) is 0 Å². The third-order valence-corrected chi connectivity index (χ3v) is 3.51. The van der Waals surface area contributed by atoms with Gasteiger partial charge < -0.3 is 5.11 Å². The number of carbonyl (C=O) groups excluding carboxylic acids is 1. The van der Waals surface area contributed by atoms with Crippen LogP contribution in [0.2, 0.25) is 0 Å². The summed E-state index contributed by atoms with van der Waals surface area (Å²) in [5.74, 6) is -0.0750. The minimum absolute atomic E-state index is 0.0623. The van der Waals surface area contributed by atoms with E-state index in [9.17, 15) is 9.90 Å². The van der Waals surface area contributed by atoms with Crippen molar-refractivity contribution in [2.24, 2.45) is 5.92 Å². The van der Waals surface area contributed by atoms with Crippen molar-refractivity contribution in [1.29, 1.82) is 0 Å². The van der Waals surface area contributed by atoms with E-state index >= 15 is 0 Å². The average molecular weight is 248 g/mol. The number of ketones is 1. The summed E-state index contributed by atoms with van der Waals surface area (Å²) in [5, 5.41) is 10.1. The highest BCUT2D eigenvalue weighted by Crippen LogP contribution is 2.18. The molecule has 0 aromatic heterocycles. The third-order valence-electron chi connectivity index (χ3n) is 3.51. The molecule has 18 heavy (non-hydrogen) atoms. The van der Waals surface area contributed by atoms with Gasteiger partial charge in [-0.2, -0.15) is 0 Å². The van der Waals surface area contributed by atoms with Crippen LogP contribution >= 0.6 is 0 Å². The normalized spacial score (nSPS) is 12.7. The fourth-order valence-electron chi connectivity index (χ4n) is 2.29. The molecule has 100 valence electrons. The number of benzene rings is 1. The summed E-state index contributed by atoms with van der Waals surface area (Å²) in [7, 11) is 0. The van der Waals surface area contributed by atoms with Crippen molar-refractivity contribution in [3.05, 3.63) is 35.4 Å². The molecule has 0 aliphatic rings. The lowest BCUT2D eigenvalue weighted by Crippen LogP contribution is -2.29. The van der Waals surface area contributed by atoms with Gasteiger partial charge in [-0.1, -0.05) is 58.2 Å². The lowest BCUT2D eigenvalue weighted by molar-refractivity contribution is 0.0588. The number of hydrogen-bond donors (Lipinski definition) is 1. The summed E-state index contributed by atoms with van der Waals surface area (Å²) in [4.78, 5) is 12.2. The fourth-order valence-corrected chi connectivity index (χ4v) is 2.29. The van der Waals surface area contributed by atoms with Gasteiger partial charge in [0.05, 0.1) is 0 Å². The first kappa shape index (κ1) is 14.9. The van der Waals surface area contributed by atoms with Crippen molar-refractivity contribution < 1.29 is 9.90 Å². The van der Waals surface area contributed by atoms with E-state index in [2.05, 4.69) is 6.92 Å². The molecule has 1 unspecified atom stereocenters. The Bertz CT molecular complexity index is 380. The number of aliphatic hydroxyl groups excluding tert-OH is 1. The van der Waals surface area contributed by atoms with Crippen LogP contribution in [0.1, 0.15) is 56.0 Å². The molecule has 0 radical (unpaired) electrons. The topological polar surface area (TPSA) is 37.3 Å². The van der Waals surface area contributed by atoms with Crippen LogP contribution in [0.5, 0.6) is 0 Å². The summed E-state index contributed by atoms with van der Waals surface area (Å²) >= 11 is 0. The van der Waals surface area contributed by atoms with Gasteiger partial charge in [0.25, 0.3) is 0 Å². The molecule has 1 rings (SSSR count). The molecule has 0 saturated heterocycles. The van der Waals surface area contributed by atoms with Gasteiger partial charge in [0.2, 0.25) is 0 Å². The molecule has 0 amide bonds.